The van der Waals surface area contributed by atoms with Gasteiger partial charge in [0.1, 0.15) is 23.5 Å². The fourth-order valence-electron chi connectivity index (χ4n) is 2.72. The van der Waals surface area contributed by atoms with Crippen LogP contribution in [0.25, 0.3) is 10.9 Å². The fraction of sp³-hybridized carbons (Fsp3) is 0.105. The lowest BCUT2D eigenvalue weighted by atomic mass is 10.1. The predicted octanol–water partition coefficient (Wildman–Crippen LogP) is 3.01. The number of nitro benzene ring substituents is 1. The molecule has 1 heterocycles. The molecule has 0 bridgehead atoms. The van der Waals surface area contributed by atoms with Crippen molar-refractivity contribution < 1.29 is 14.8 Å². The van der Waals surface area contributed by atoms with Gasteiger partial charge in [-0.1, -0.05) is 30.3 Å². The Morgan fingerprint density at radius 1 is 1.19 bits per heavy atom. The summed E-state index contributed by atoms with van der Waals surface area (Å²) in [7, 11) is 0. The number of benzene rings is 2. The summed E-state index contributed by atoms with van der Waals surface area (Å²) in [5, 5.41) is 30.3. The molecule has 0 aliphatic carbocycles. The van der Waals surface area contributed by atoms with E-state index in [4.69, 9.17) is 5.26 Å². The molecular formula is C19H14N4O4. The Bertz CT molecular complexity index is 1060. The average Bonchev–Trinajstić information content (AvgIpc) is 2.68. The Morgan fingerprint density at radius 3 is 2.59 bits per heavy atom. The molecule has 0 atom stereocenters. The second-order valence-electron chi connectivity index (χ2n) is 5.76. The molecule has 8 nitrogen and oxygen atoms in total. The summed E-state index contributed by atoms with van der Waals surface area (Å²) < 4.78 is 0. The molecule has 1 N–H and O–H groups in total. The first kappa shape index (κ1) is 17.8. The second-order valence-corrected chi connectivity index (χ2v) is 5.76. The smallest absolute Gasteiger partial charge is 0.279 e. The van der Waals surface area contributed by atoms with Gasteiger partial charge in [-0.2, -0.15) is 5.26 Å². The van der Waals surface area contributed by atoms with E-state index in [1.54, 1.807) is 0 Å². The van der Waals surface area contributed by atoms with Crippen LogP contribution in [-0.4, -0.2) is 32.4 Å². The second kappa shape index (κ2) is 7.49. The standard InChI is InChI=1S/C19H14N4O4/c20-10-11-22(12-13-4-2-1-3-5-13)19(25)15-7-6-14-16(23(26)27)8-9-17(24)18(14)21-15/h1-9,24H,11-12H2. The number of phenolic OH excluding ortho intramolecular Hbond substituents is 1. The third-order valence-corrected chi connectivity index (χ3v) is 3.99. The molecule has 0 radical (unpaired) electrons. The molecule has 0 aliphatic heterocycles. The lowest BCUT2D eigenvalue weighted by Crippen LogP contribution is -2.31. The normalized spacial score (nSPS) is 10.3. The minimum Gasteiger partial charge on any atom is -0.506 e. The first-order chi connectivity index (χ1) is 13.0. The van der Waals surface area contributed by atoms with Crippen molar-refractivity contribution >= 4 is 22.5 Å². The van der Waals surface area contributed by atoms with Crippen LogP contribution in [0.4, 0.5) is 5.69 Å². The van der Waals surface area contributed by atoms with Gasteiger partial charge in [-0.25, -0.2) is 4.98 Å². The van der Waals surface area contributed by atoms with Crippen LogP contribution in [-0.2, 0) is 6.54 Å². The zero-order valence-electron chi connectivity index (χ0n) is 14.1. The van der Waals surface area contributed by atoms with Crippen molar-refractivity contribution in [1.29, 1.82) is 5.26 Å². The van der Waals surface area contributed by atoms with Gasteiger partial charge in [0.15, 0.2) is 0 Å². The van der Waals surface area contributed by atoms with Crippen molar-refractivity contribution in [3.8, 4) is 11.8 Å². The molecule has 0 aliphatic rings. The summed E-state index contributed by atoms with van der Waals surface area (Å²) in [6, 6.07) is 16.2. The number of aromatic hydroxyl groups is 1. The molecular weight excluding hydrogens is 348 g/mol. The molecule has 1 aromatic heterocycles. The maximum absolute atomic E-state index is 12.8. The summed E-state index contributed by atoms with van der Waals surface area (Å²) in [5.74, 6) is -0.770. The molecule has 0 saturated heterocycles. The van der Waals surface area contributed by atoms with Crippen molar-refractivity contribution in [3.63, 3.8) is 0 Å². The van der Waals surface area contributed by atoms with Gasteiger partial charge in [0.2, 0.25) is 0 Å². The van der Waals surface area contributed by atoms with Crippen LogP contribution in [0, 0.1) is 21.4 Å². The van der Waals surface area contributed by atoms with Crippen molar-refractivity contribution in [2.45, 2.75) is 6.54 Å². The predicted molar refractivity (Wildman–Crippen MR) is 96.9 cm³/mol. The zero-order chi connectivity index (χ0) is 19.4. The highest BCUT2D eigenvalue weighted by molar-refractivity contribution is 5.98. The van der Waals surface area contributed by atoms with E-state index >= 15 is 0 Å². The zero-order valence-corrected chi connectivity index (χ0v) is 14.1. The number of fused-ring (bicyclic) bond motifs is 1. The van der Waals surface area contributed by atoms with Crippen LogP contribution in [0.15, 0.2) is 54.6 Å². The van der Waals surface area contributed by atoms with Crippen molar-refractivity contribution in [1.82, 2.24) is 9.88 Å². The number of nitro groups is 1. The molecule has 134 valence electrons. The van der Waals surface area contributed by atoms with Crippen LogP contribution in [0.5, 0.6) is 5.75 Å². The summed E-state index contributed by atoms with van der Waals surface area (Å²) in [6.45, 7) is 0.0717. The van der Waals surface area contributed by atoms with Crippen LogP contribution in [0.2, 0.25) is 0 Å². The van der Waals surface area contributed by atoms with E-state index in [0.29, 0.717) is 0 Å². The summed E-state index contributed by atoms with van der Waals surface area (Å²) in [6.07, 6.45) is 0. The Morgan fingerprint density at radius 2 is 1.93 bits per heavy atom. The minimum absolute atomic E-state index is 0.00974. The largest absolute Gasteiger partial charge is 0.506 e. The van der Waals surface area contributed by atoms with Gasteiger partial charge in [-0.15, -0.1) is 0 Å². The summed E-state index contributed by atoms with van der Waals surface area (Å²) in [5.41, 5.74) is 0.587. The number of hydrogen-bond donors (Lipinski definition) is 1. The van der Waals surface area contributed by atoms with Gasteiger partial charge in [-0.3, -0.25) is 14.9 Å². The number of pyridine rings is 1. The number of nitriles is 1. The first-order valence-corrected chi connectivity index (χ1v) is 7.98. The van der Waals surface area contributed by atoms with Crippen molar-refractivity contribution in [3.05, 3.63) is 76.0 Å². The highest BCUT2D eigenvalue weighted by atomic mass is 16.6. The molecule has 1 amide bonds. The van der Waals surface area contributed by atoms with Crippen LogP contribution in [0.1, 0.15) is 16.1 Å². The van der Waals surface area contributed by atoms with Gasteiger partial charge < -0.3 is 10.0 Å². The highest BCUT2D eigenvalue weighted by Gasteiger charge is 2.21. The van der Waals surface area contributed by atoms with Gasteiger partial charge in [-0.05, 0) is 23.8 Å². The van der Waals surface area contributed by atoms with Crippen LogP contribution in [0.3, 0.4) is 0 Å². The molecule has 3 aromatic rings. The number of hydrogen-bond acceptors (Lipinski definition) is 6. The molecule has 0 unspecified atom stereocenters. The van der Waals surface area contributed by atoms with Crippen LogP contribution < -0.4 is 0 Å². The highest BCUT2D eigenvalue weighted by Crippen LogP contribution is 2.31. The number of aromatic nitrogens is 1. The van der Waals surface area contributed by atoms with Crippen molar-refractivity contribution in [2.75, 3.05) is 6.54 Å². The number of phenols is 1. The first-order valence-electron chi connectivity index (χ1n) is 7.98. The fourth-order valence-corrected chi connectivity index (χ4v) is 2.72. The van der Waals surface area contributed by atoms with E-state index < -0.39 is 10.8 Å². The monoisotopic (exact) mass is 362 g/mol. The third-order valence-electron chi connectivity index (χ3n) is 3.99. The Hall–Kier alpha value is -3.99. The maximum Gasteiger partial charge on any atom is 0.279 e. The Labute approximate surface area is 154 Å². The van der Waals surface area contributed by atoms with E-state index in [0.717, 1.165) is 5.56 Å². The van der Waals surface area contributed by atoms with Crippen LogP contribution >= 0.6 is 0 Å². The summed E-state index contributed by atoms with van der Waals surface area (Å²) >= 11 is 0. The SMILES string of the molecule is N#CCN(Cc1ccccc1)C(=O)c1ccc2c([N+](=O)[O-])ccc(O)c2n1. The minimum atomic E-state index is -0.581. The van der Waals surface area contributed by atoms with E-state index in [2.05, 4.69) is 4.98 Å². The van der Waals surface area contributed by atoms with E-state index in [1.165, 1.54) is 29.2 Å². The van der Waals surface area contributed by atoms with Gasteiger partial charge >= 0.3 is 0 Å². The molecule has 0 fully saturated rings. The number of amides is 1. The summed E-state index contributed by atoms with van der Waals surface area (Å²) in [4.78, 5) is 28.8. The lowest BCUT2D eigenvalue weighted by molar-refractivity contribution is -0.383. The number of non-ortho nitro benzene ring substituents is 1. The molecule has 3 rings (SSSR count). The van der Waals surface area contributed by atoms with E-state index in [-0.39, 0.29) is 41.1 Å². The molecule has 8 heteroatoms. The van der Waals surface area contributed by atoms with Crippen molar-refractivity contribution in [2.24, 2.45) is 0 Å². The number of carbonyl (C=O) groups excluding carboxylic acids is 1. The van der Waals surface area contributed by atoms with Gasteiger partial charge in [0.25, 0.3) is 11.6 Å². The number of rotatable bonds is 5. The third kappa shape index (κ3) is 3.67. The topological polar surface area (TPSA) is 120 Å². The molecule has 0 saturated carbocycles. The lowest BCUT2D eigenvalue weighted by Gasteiger charge is -2.19. The number of carbonyl (C=O) groups is 1. The Kier molecular flexibility index (Phi) is 4.95. The Balaban J connectivity index is 1.99. The number of nitrogens with zero attached hydrogens (tertiary/aromatic N) is 4. The molecule has 27 heavy (non-hydrogen) atoms. The maximum atomic E-state index is 12.8. The quantitative estimate of drug-likeness (QED) is 0.423. The average molecular weight is 362 g/mol. The molecule has 2 aromatic carbocycles. The van der Waals surface area contributed by atoms with Gasteiger partial charge in [0, 0.05) is 12.6 Å². The van der Waals surface area contributed by atoms with E-state index in [1.807, 2.05) is 36.4 Å². The van der Waals surface area contributed by atoms with Gasteiger partial charge in [0.05, 0.1) is 16.4 Å². The van der Waals surface area contributed by atoms with E-state index in [9.17, 15) is 20.0 Å². The molecule has 0 spiro atoms.